The van der Waals surface area contributed by atoms with Crippen molar-refractivity contribution >= 4 is 0 Å². The first-order chi connectivity index (χ1) is 3.92. The molecule has 0 saturated heterocycles. The number of aliphatic hydroxyl groups is 2. The quantitative estimate of drug-likeness (QED) is 0.546. The van der Waals surface area contributed by atoms with Crippen LogP contribution in [0.25, 0.3) is 0 Å². The van der Waals surface area contributed by atoms with Crippen molar-refractivity contribution in [2.75, 3.05) is 6.61 Å². The van der Waals surface area contributed by atoms with Gasteiger partial charge in [-0.05, 0) is 5.92 Å². The standard InChI is InChI=1S/C6H14O3/c1-5(2)4-9-6(3,7)8/h5,7-8H,4H2,1-3H3. The van der Waals surface area contributed by atoms with E-state index < -0.39 is 5.97 Å². The molecule has 0 aromatic rings. The molecule has 9 heavy (non-hydrogen) atoms. The molecule has 0 bridgehead atoms. The zero-order valence-corrected chi connectivity index (χ0v) is 6.09. The highest BCUT2D eigenvalue weighted by molar-refractivity contribution is 4.42. The van der Waals surface area contributed by atoms with Crippen molar-refractivity contribution in [1.29, 1.82) is 0 Å². The fourth-order valence-corrected chi connectivity index (χ4v) is 0.325. The van der Waals surface area contributed by atoms with Crippen LogP contribution in [0.3, 0.4) is 0 Å². The fraction of sp³-hybridized carbons (Fsp3) is 1.00. The minimum Gasteiger partial charge on any atom is -0.344 e. The average Bonchev–Trinajstić information content (AvgIpc) is 1.59. The molecule has 0 heterocycles. The third kappa shape index (κ3) is 7.88. The molecular formula is C6H14O3. The van der Waals surface area contributed by atoms with Crippen LogP contribution < -0.4 is 0 Å². The molecule has 0 aromatic heterocycles. The van der Waals surface area contributed by atoms with Gasteiger partial charge >= 0.3 is 0 Å². The van der Waals surface area contributed by atoms with Crippen molar-refractivity contribution in [3.05, 3.63) is 0 Å². The van der Waals surface area contributed by atoms with Crippen molar-refractivity contribution < 1.29 is 14.9 Å². The van der Waals surface area contributed by atoms with Crippen LogP contribution in [0.15, 0.2) is 0 Å². The molecule has 0 saturated carbocycles. The molecule has 0 spiro atoms. The molecule has 0 aliphatic carbocycles. The highest BCUT2D eigenvalue weighted by Crippen LogP contribution is 2.02. The third-order valence-electron chi connectivity index (χ3n) is 0.690. The van der Waals surface area contributed by atoms with Gasteiger partial charge in [-0.2, -0.15) is 0 Å². The Labute approximate surface area is 55.3 Å². The van der Waals surface area contributed by atoms with Crippen molar-refractivity contribution in [3.8, 4) is 0 Å². The number of ether oxygens (including phenoxy) is 1. The summed E-state index contributed by atoms with van der Waals surface area (Å²) in [7, 11) is 0. The van der Waals surface area contributed by atoms with E-state index in [0.717, 1.165) is 0 Å². The minimum absolute atomic E-state index is 0.323. The first-order valence-corrected chi connectivity index (χ1v) is 3.00. The van der Waals surface area contributed by atoms with E-state index in [1.165, 1.54) is 6.92 Å². The van der Waals surface area contributed by atoms with Crippen LogP contribution in [-0.2, 0) is 4.74 Å². The predicted octanol–water partition coefficient (Wildman–Crippen LogP) is 0.317. The Hall–Kier alpha value is -0.120. The first kappa shape index (κ1) is 8.88. The number of hydrogen-bond acceptors (Lipinski definition) is 3. The molecule has 2 N–H and O–H groups in total. The van der Waals surface area contributed by atoms with Crippen LogP contribution in [0.2, 0.25) is 0 Å². The lowest BCUT2D eigenvalue weighted by Crippen LogP contribution is -2.28. The average molecular weight is 134 g/mol. The molecule has 0 aliphatic rings. The minimum atomic E-state index is -1.97. The van der Waals surface area contributed by atoms with Gasteiger partial charge in [0.25, 0.3) is 5.97 Å². The largest absolute Gasteiger partial charge is 0.344 e. The topological polar surface area (TPSA) is 49.7 Å². The summed E-state index contributed by atoms with van der Waals surface area (Å²) >= 11 is 0. The lowest BCUT2D eigenvalue weighted by atomic mass is 10.2. The van der Waals surface area contributed by atoms with E-state index in [9.17, 15) is 0 Å². The molecule has 0 radical (unpaired) electrons. The molecule has 3 nitrogen and oxygen atoms in total. The molecule has 0 aliphatic heterocycles. The zero-order valence-electron chi connectivity index (χ0n) is 6.09. The van der Waals surface area contributed by atoms with E-state index in [4.69, 9.17) is 10.2 Å². The monoisotopic (exact) mass is 134 g/mol. The Morgan fingerprint density at radius 3 is 2.00 bits per heavy atom. The van der Waals surface area contributed by atoms with Crippen molar-refractivity contribution in [1.82, 2.24) is 0 Å². The van der Waals surface area contributed by atoms with Gasteiger partial charge in [-0.15, -0.1) is 0 Å². The summed E-state index contributed by atoms with van der Waals surface area (Å²) in [6, 6.07) is 0. The second-order valence-electron chi connectivity index (χ2n) is 2.64. The highest BCUT2D eigenvalue weighted by atomic mass is 16.8. The molecule has 0 fully saturated rings. The fourth-order valence-electron chi connectivity index (χ4n) is 0.325. The Morgan fingerprint density at radius 2 is 1.89 bits per heavy atom. The van der Waals surface area contributed by atoms with Gasteiger partial charge in [-0.25, -0.2) is 0 Å². The van der Waals surface area contributed by atoms with Crippen LogP contribution in [0.4, 0.5) is 0 Å². The smallest absolute Gasteiger partial charge is 0.274 e. The van der Waals surface area contributed by atoms with Gasteiger partial charge in [-0.1, -0.05) is 13.8 Å². The van der Waals surface area contributed by atoms with Crippen molar-refractivity contribution in [2.24, 2.45) is 5.92 Å². The summed E-state index contributed by atoms with van der Waals surface area (Å²) in [6.45, 7) is 5.43. The third-order valence-corrected chi connectivity index (χ3v) is 0.690. The van der Waals surface area contributed by atoms with Crippen molar-refractivity contribution in [3.63, 3.8) is 0 Å². The first-order valence-electron chi connectivity index (χ1n) is 3.00. The summed E-state index contributed by atoms with van der Waals surface area (Å²) in [5, 5.41) is 17.2. The van der Waals surface area contributed by atoms with E-state index in [1.54, 1.807) is 0 Å². The molecule has 0 amide bonds. The Bertz CT molecular complexity index is 72.9. The van der Waals surface area contributed by atoms with E-state index in [-0.39, 0.29) is 0 Å². The molecule has 56 valence electrons. The maximum Gasteiger partial charge on any atom is 0.274 e. The zero-order chi connectivity index (χ0) is 7.49. The number of rotatable bonds is 3. The Balaban J connectivity index is 3.28. The highest BCUT2D eigenvalue weighted by Gasteiger charge is 2.14. The lowest BCUT2D eigenvalue weighted by Gasteiger charge is -2.17. The SMILES string of the molecule is CC(C)COC(C)(O)O. The summed E-state index contributed by atoms with van der Waals surface area (Å²) in [4.78, 5) is 0. The van der Waals surface area contributed by atoms with E-state index in [0.29, 0.717) is 12.5 Å². The van der Waals surface area contributed by atoms with Gasteiger partial charge < -0.3 is 14.9 Å². The summed E-state index contributed by atoms with van der Waals surface area (Å²) < 4.78 is 4.60. The number of hydrogen-bond donors (Lipinski definition) is 2. The van der Waals surface area contributed by atoms with E-state index >= 15 is 0 Å². The normalized spacial score (nSPS) is 12.7. The molecule has 0 rings (SSSR count). The lowest BCUT2D eigenvalue weighted by molar-refractivity contribution is -0.327. The molecule has 0 atom stereocenters. The predicted molar refractivity (Wildman–Crippen MR) is 33.6 cm³/mol. The van der Waals surface area contributed by atoms with Gasteiger partial charge in [0.1, 0.15) is 0 Å². The van der Waals surface area contributed by atoms with Crippen LogP contribution in [0.5, 0.6) is 0 Å². The Morgan fingerprint density at radius 1 is 1.44 bits per heavy atom. The second-order valence-corrected chi connectivity index (χ2v) is 2.64. The summed E-state index contributed by atoms with van der Waals surface area (Å²) in [5.41, 5.74) is 0. The van der Waals surface area contributed by atoms with Crippen LogP contribution in [0, 0.1) is 5.92 Å². The van der Waals surface area contributed by atoms with E-state index in [1.807, 2.05) is 13.8 Å². The van der Waals surface area contributed by atoms with Gasteiger partial charge in [0, 0.05) is 6.92 Å². The Kier molecular flexibility index (Phi) is 3.11. The van der Waals surface area contributed by atoms with E-state index in [2.05, 4.69) is 4.74 Å². The maximum absolute atomic E-state index is 8.60. The molecule has 0 unspecified atom stereocenters. The van der Waals surface area contributed by atoms with Gasteiger partial charge in [0.15, 0.2) is 0 Å². The van der Waals surface area contributed by atoms with Crippen LogP contribution >= 0.6 is 0 Å². The van der Waals surface area contributed by atoms with Crippen LogP contribution in [0.1, 0.15) is 20.8 Å². The van der Waals surface area contributed by atoms with Gasteiger partial charge in [0.05, 0.1) is 6.61 Å². The summed E-state index contributed by atoms with van der Waals surface area (Å²) in [5.74, 6) is -1.65. The van der Waals surface area contributed by atoms with Crippen LogP contribution in [-0.4, -0.2) is 22.8 Å². The summed E-state index contributed by atoms with van der Waals surface area (Å²) in [6.07, 6.45) is 0. The molecular weight excluding hydrogens is 120 g/mol. The van der Waals surface area contributed by atoms with Gasteiger partial charge in [0.2, 0.25) is 0 Å². The second kappa shape index (κ2) is 3.15. The molecule has 0 aromatic carbocycles. The van der Waals surface area contributed by atoms with Crippen molar-refractivity contribution in [2.45, 2.75) is 26.7 Å². The maximum atomic E-state index is 8.60. The van der Waals surface area contributed by atoms with Gasteiger partial charge in [-0.3, -0.25) is 0 Å². The molecule has 3 heteroatoms.